The van der Waals surface area contributed by atoms with Gasteiger partial charge in [-0.2, -0.15) is 0 Å². The lowest BCUT2D eigenvalue weighted by Gasteiger charge is -2.07. The number of benzene rings is 2. The van der Waals surface area contributed by atoms with E-state index in [4.69, 9.17) is 5.11 Å². The predicted octanol–water partition coefficient (Wildman–Crippen LogP) is 5.21. The molecule has 0 fully saturated rings. The topological polar surface area (TPSA) is 44.3 Å². The molecule has 0 spiro atoms. The summed E-state index contributed by atoms with van der Waals surface area (Å²) in [6, 6.07) is 15.2. The molecule has 0 bridgehead atoms. The standard InChI is InChI=1S/C22H31FN2O.2BrH/c23-21-18-20(10-11-22(21)26)13-17-25-15-7-2-1-6-14-24-16-12-19-8-4-3-5-9-19;;/h3-5,8-11,18,24-26H,1-2,6-7,12-17H2;2*1H. The summed E-state index contributed by atoms with van der Waals surface area (Å²) in [7, 11) is 0. The number of unbranched alkanes of at least 4 members (excludes halogenated alkanes) is 3. The molecule has 0 heterocycles. The fraction of sp³-hybridized carbons (Fsp3) is 0.455. The number of aromatic hydroxyl groups is 1. The molecule has 0 radical (unpaired) electrons. The molecule has 3 N–H and O–H groups in total. The van der Waals surface area contributed by atoms with Crippen LogP contribution in [0.25, 0.3) is 0 Å². The first kappa shape index (κ1) is 27.0. The van der Waals surface area contributed by atoms with Crippen LogP contribution in [0.3, 0.4) is 0 Å². The molecule has 28 heavy (non-hydrogen) atoms. The van der Waals surface area contributed by atoms with E-state index in [-0.39, 0.29) is 39.7 Å². The Morgan fingerprint density at radius 2 is 1.25 bits per heavy atom. The summed E-state index contributed by atoms with van der Waals surface area (Å²) < 4.78 is 13.2. The van der Waals surface area contributed by atoms with Gasteiger partial charge < -0.3 is 15.7 Å². The zero-order valence-electron chi connectivity index (χ0n) is 16.3. The zero-order valence-corrected chi connectivity index (χ0v) is 19.8. The minimum Gasteiger partial charge on any atom is -0.505 e. The fourth-order valence-corrected chi connectivity index (χ4v) is 2.92. The number of hydrogen-bond donors (Lipinski definition) is 3. The first-order valence-corrected chi connectivity index (χ1v) is 9.68. The molecule has 2 aromatic rings. The molecule has 6 heteroatoms. The minimum absolute atomic E-state index is 0. The zero-order chi connectivity index (χ0) is 18.5. The lowest BCUT2D eigenvalue weighted by Crippen LogP contribution is -2.19. The van der Waals surface area contributed by atoms with Crippen molar-refractivity contribution in [2.45, 2.75) is 38.5 Å². The van der Waals surface area contributed by atoms with E-state index >= 15 is 0 Å². The second-order valence-electron chi connectivity index (χ2n) is 6.69. The summed E-state index contributed by atoms with van der Waals surface area (Å²) in [5.41, 5.74) is 2.30. The Balaban J connectivity index is 0.00000364. The molecule has 0 saturated carbocycles. The van der Waals surface area contributed by atoms with Crippen LogP contribution in [0.15, 0.2) is 48.5 Å². The molecule has 2 rings (SSSR count). The van der Waals surface area contributed by atoms with Crippen LogP contribution in [-0.4, -0.2) is 31.3 Å². The summed E-state index contributed by atoms with van der Waals surface area (Å²) in [5, 5.41) is 16.1. The van der Waals surface area contributed by atoms with Crippen LogP contribution in [0.2, 0.25) is 0 Å². The summed E-state index contributed by atoms with van der Waals surface area (Å²) in [4.78, 5) is 0. The predicted molar refractivity (Wildman–Crippen MR) is 127 cm³/mol. The van der Waals surface area contributed by atoms with Gasteiger partial charge in [-0.25, -0.2) is 4.39 Å². The van der Waals surface area contributed by atoms with Crippen molar-refractivity contribution in [2.75, 3.05) is 26.2 Å². The SMILES string of the molecule is Br.Br.Oc1ccc(CCNCCCCCCNCCc2ccccc2)cc1F. The number of phenolic OH excluding ortho intramolecular Hbond substituents is 1. The highest BCUT2D eigenvalue weighted by Crippen LogP contribution is 2.16. The maximum Gasteiger partial charge on any atom is 0.165 e. The number of nitrogens with one attached hydrogen (secondary N) is 2. The fourth-order valence-electron chi connectivity index (χ4n) is 2.92. The summed E-state index contributed by atoms with van der Waals surface area (Å²) >= 11 is 0. The van der Waals surface area contributed by atoms with Crippen LogP contribution in [0.4, 0.5) is 4.39 Å². The van der Waals surface area contributed by atoms with Crippen molar-refractivity contribution in [1.82, 2.24) is 10.6 Å². The van der Waals surface area contributed by atoms with Crippen molar-refractivity contribution in [1.29, 1.82) is 0 Å². The van der Waals surface area contributed by atoms with Gasteiger partial charge in [-0.15, -0.1) is 34.0 Å². The second kappa shape index (κ2) is 17.0. The number of hydrogen-bond acceptors (Lipinski definition) is 3. The Bertz CT molecular complexity index is 629. The van der Waals surface area contributed by atoms with E-state index in [1.807, 2.05) is 0 Å². The molecule has 0 amide bonds. The Hall–Kier alpha value is -0.950. The van der Waals surface area contributed by atoms with Gasteiger partial charge in [0.15, 0.2) is 11.6 Å². The largest absolute Gasteiger partial charge is 0.505 e. The third-order valence-corrected chi connectivity index (χ3v) is 4.49. The monoisotopic (exact) mass is 518 g/mol. The van der Waals surface area contributed by atoms with E-state index in [1.54, 1.807) is 6.07 Å². The highest BCUT2D eigenvalue weighted by molar-refractivity contribution is 8.93. The molecule has 0 aliphatic carbocycles. The summed E-state index contributed by atoms with van der Waals surface area (Å²) in [6.07, 6.45) is 6.76. The molecule has 0 saturated heterocycles. The maximum absolute atomic E-state index is 13.2. The van der Waals surface area contributed by atoms with Gasteiger partial charge in [0.05, 0.1) is 0 Å². The molecular weight excluding hydrogens is 487 g/mol. The third kappa shape index (κ3) is 11.8. The van der Waals surface area contributed by atoms with Crippen LogP contribution in [0, 0.1) is 5.82 Å². The molecule has 0 aliphatic rings. The van der Waals surface area contributed by atoms with Gasteiger partial charge in [0, 0.05) is 0 Å². The van der Waals surface area contributed by atoms with E-state index in [2.05, 4.69) is 41.0 Å². The molecule has 3 nitrogen and oxygen atoms in total. The first-order chi connectivity index (χ1) is 12.8. The van der Waals surface area contributed by atoms with Gasteiger partial charge in [-0.1, -0.05) is 49.2 Å². The highest BCUT2D eigenvalue weighted by atomic mass is 79.9. The van der Waals surface area contributed by atoms with Crippen molar-refractivity contribution >= 4 is 34.0 Å². The van der Waals surface area contributed by atoms with Crippen LogP contribution >= 0.6 is 34.0 Å². The van der Waals surface area contributed by atoms with Gasteiger partial charge in [0.2, 0.25) is 0 Å². The Labute approximate surface area is 189 Å². The second-order valence-corrected chi connectivity index (χ2v) is 6.69. The molecule has 0 aromatic heterocycles. The Morgan fingerprint density at radius 3 is 1.82 bits per heavy atom. The smallest absolute Gasteiger partial charge is 0.165 e. The number of phenols is 1. The van der Waals surface area contributed by atoms with Crippen molar-refractivity contribution in [3.63, 3.8) is 0 Å². The van der Waals surface area contributed by atoms with Gasteiger partial charge in [0.25, 0.3) is 0 Å². The van der Waals surface area contributed by atoms with Crippen molar-refractivity contribution < 1.29 is 9.50 Å². The quantitative estimate of drug-likeness (QED) is 0.318. The molecule has 158 valence electrons. The first-order valence-electron chi connectivity index (χ1n) is 9.68. The minimum atomic E-state index is -0.542. The van der Waals surface area contributed by atoms with Gasteiger partial charge >= 0.3 is 0 Å². The lowest BCUT2D eigenvalue weighted by atomic mass is 10.1. The van der Waals surface area contributed by atoms with Crippen LogP contribution < -0.4 is 10.6 Å². The van der Waals surface area contributed by atoms with Crippen molar-refractivity contribution in [2.24, 2.45) is 0 Å². The van der Waals surface area contributed by atoms with Crippen molar-refractivity contribution in [3.05, 3.63) is 65.5 Å². The Kier molecular flexibility index (Phi) is 16.4. The molecule has 0 atom stereocenters. The van der Waals surface area contributed by atoms with E-state index < -0.39 is 5.82 Å². The van der Waals surface area contributed by atoms with Crippen LogP contribution in [0.1, 0.15) is 36.8 Å². The van der Waals surface area contributed by atoms with E-state index in [1.165, 1.54) is 43.4 Å². The average Bonchev–Trinajstić information content (AvgIpc) is 2.66. The molecule has 0 unspecified atom stereocenters. The normalized spacial score (nSPS) is 10.2. The Morgan fingerprint density at radius 1 is 0.679 bits per heavy atom. The maximum atomic E-state index is 13.2. The van der Waals surface area contributed by atoms with E-state index in [9.17, 15) is 4.39 Å². The molecular formula is C22H33Br2FN2O. The number of halogens is 3. The van der Waals surface area contributed by atoms with Crippen LogP contribution in [0.5, 0.6) is 5.75 Å². The summed E-state index contributed by atoms with van der Waals surface area (Å²) in [6.45, 7) is 3.98. The number of rotatable bonds is 13. The lowest BCUT2D eigenvalue weighted by molar-refractivity contribution is 0.431. The average molecular weight is 520 g/mol. The van der Waals surface area contributed by atoms with Crippen molar-refractivity contribution in [3.8, 4) is 5.75 Å². The molecule has 2 aromatic carbocycles. The third-order valence-electron chi connectivity index (χ3n) is 4.49. The highest BCUT2D eigenvalue weighted by Gasteiger charge is 2.01. The van der Waals surface area contributed by atoms with E-state index in [0.717, 1.165) is 44.6 Å². The van der Waals surface area contributed by atoms with E-state index in [0.29, 0.717) is 0 Å². The summed E-state index contributed by atoms with van der Waals surface area (Å²) in [5.74, 6) is -0.823. The van der Waals surface area contributed by atoms with Crippen LogP contribution in [-0.2, 0) is 12.8 Å². The van der Waals surface area contributed by atoms with Gasteiger partial charge in [-0.3, -0.25) is 0 Å². The van der Waals surface area contributed by atoms with Gasteiger partial charge in [-0.05, 0) is 75.1 Å². The molecule has 0 aliphatic heterocycles. The van der Waals surface area contributed by atoms with Gasteiger partial charge in [0.1, 0.15) is 0 Å².